The highest BCUT2D eigenvalue weighted by Crippen LogP contribution is 2.31. The molecule has 0 spiro atoms. The Morgan fingerprint density at radius 2 is 2.29 bits per heavy atom. The first-order chi connectivity index (χ1) is 3.27. The van der Waals surface area contributed by atoms with Gasteiger partial charge in [0, 0.05) is 6.16 Å². The van der Waals surface area contributed by atoms with Crippen LogP contribution in [0.1, 0.15) is 19.8 Å². The average Bonchev–Trinajstić information content (AvgIpc) is 1.61. The normalized spacial score (nSPS) is 14.0. The Hall–Kier alpha value is 0.960. The van der Waals surface area contributed by atoms with E-state index in [1.165, 1.54) is 6.42 Å². The lowest BCUT2D eigenvalue weighted by Crippen LogP contribution is -1.69. The summed E-state index contributed by atoms with van der Waals surface area (Å²) in [6.45, 7) is 2.11. The number of unbranched alkanes of at least 4 members (excludes halogenated alkanes) is 1. The molecule has 0 bridgehead atoms. The zero-order valence-corrected chi connectivity index (χ0v) is 7.57. The van der Waals surface area contributed by atoms with Crippen LogP contribution >= 0.6 is 27.5 Å². The second kappa shape index (κ2) is 5.10. The molecular formula is C4H10IOP. The zero-order chi connectivity index (χ0) is 5.70. The second-order valence-electron chi connectivity index (χ2n) is 1.46. The van der Waals surface area contributed by atoms with Gasteiger partial charge in [0.25, 0.3) is 0 Å². The number of rotatable bonds is 3. The molecule has 1 nitrogen and oxygen atoms in total. The van der Waals surface area contributed by atoms with Crippen LogP contribution in [-0.2, 0) is 4.57 Å². The SMILES string of the molecule is CCCC[PH](=O)I. The van der Waals surface area contributed by atoms with Gasteiger partial charge >= 0.3 is 0 Å². The van der Waals surface area contributed by atoms with Crippen molar-refractivity contribution in [2.45, 2.75) is 19.8 Å². The van der Waals surface area contributed by atoms with Crippen molar-refractivity contribution in [2.75, 3.05) is 6.16 Å². The van der Waals surface area contributed by atoms with Gasteiger partial charge in [-0.2, -0.15) is 0 Å². The van der Waals surface area contributed by atoms with Gasteiger partial charge in [0.2, 0.25) is 0 Å². The third-order valence-corrected chi connectivity index (χ3v) is 3.09. The number of halogens is 1. The van der Waals surface area contributed by atoms with E-state index >= 15 is 0 Å². The molecule has 1 atom stereocenters. The molecule has 0 amide bonds. The molecule has 1 unspecified atom stereocenters. The van der Waals surface area contributed by atoms with Gasteiger partial charge in [-0.25, -0.2) is 0 Å². The van der Waals surface area contributed by atoms with Crippen molar-refractivity contribution in [3.05, 3.63) is 0 Å². The summed E-state index contributed by atoms with van der Waals surface area (Å²) in [7, 11) is 0. The monoisotopic (exact) mass is 232 g/mol. The molecule has 0 fully saturated rings. The van der Waals surface area contributed by atoms with Crippen LogP contribution in [0.25, 0.3) is 0 Å². The third-order valence-electron chi connectivity index (χ3n) is 0.727. The summed E-state index contributed by atoms with van der Waals surface area (Å²) in [5.41, 5.74) is -1.18. The molecule has 0 rings (SSSR count). The van der Waals surface area contributed by atoms with Crippen LogP contribution in [-0.4, -0.2) is 6.16 Å². The maximum Gasteiger partial charge on any atom is 0.132 e. The highest BCUT2D eigenvalue weighted by Gasteiger charge is 1.87. The van der Waals surface area contributed by atoms with Crippen LogP contribution in [0.15, 0.2) is 0 Å². The van der Waals surface area contributed by atoms with Crippen molar-refractivity contribution in [2.24, 2.45) is 0 Å². The predicted molar refractivity (Wildman–Crippen MR) is 42.8 cm³/mol. The van der Waals surface area contributed by atoms with Crippen LogP contribution in [0.2, 0.25) is 0 Å². The van der Waals surface area contributed by atoms with Crippen molar-refractivity contribution in [1.29, 1.82) is 0 Å². The lowest BCUT2D eigenvalue weighted by Gasteiger charge is -1.86. The minimum absolute atomic E-state index is 0.932. The molecule has 0 aromatic rings. The standard InChI is InChI=1S/C4H10IOP/c1-2-3-4-7(5)6/h7H,2-4H2,1H3. The van der Waals surface area contributed by atoms with Gasteiger partial charge in [-0.1, -0.05) is 13.3 Å². The van der Waals surface area contributed by atoms with Crippen molar-refractivity contribution in [3.8, 4) is 0 Å². The van der Waals surface area contributed by atoms with E-state index in [-0.39, 0.29) is 0 Å². The molecule has 0 heterocycles. The van der Waals surface area contributed by atoms with Crippen LogP contribution in [0.5, 0.6) is 0 Å². The zero-order valence-electron chi connectivity index (χ0n) is 4.41. The molecule has 0 aliphatic carbocycles. The Morgan fingerprint density at radius 3 is 2.43 bits per heavy atom. The average molecular weight is 232 g/mol. The number of hydrogen-bond acceptors (Lipinski definition) is 1. The van der Waals surface area contributed by atoms with Gasteiger partial charge in [0.15, 0.2) is 0 Å². The van der Waals surface area contributed by atoms with Crippen molar-refractivity contribution in [3.63, 3.8) is 0 Å². The summed E-state index contributed by atoms with van der Waals surface area (Å²) < 4.78 is 10.4. The summed E-state index contributed by atoms with van der Waals surface area (Å²) in [6.07, 6.45) is 3.22. The van der Waals surface area contributed by atoms with Crippen LogP contribution in [0, 0.1) is 0 Å². The first-order valence-corrected chi connectivity index (χ1v) is 7.18. The van der Waals surface area contributed by atoms with Gasteiger partial charge in [-0.05, 0) is 28.5 Å². The summed E-state index contributed by atoms with van der Waals surface area (Å²) in [6, 6.07) is 0. The maximum absolute atomic E-state index is 10.4. The molecule has 0 aliphatic rings. The Bertz CT molecular complexity index is 64.7. The summed E-state index contributed by atoms with van der Waals surface area (Å²) in [5, 5.41) is 0. The van der Waals surface area contributed by atoms with E-state index in [1.54, 1.807) is 0 Å². The molecule has 0 saturated heterocycles. The molecule has 0 aromatic heterocycles. The van der Waals surface area contributed by atoms with Gasteiger partial charge in [0.05, 0.1) is 0 Å². The van der Waals surface area contributed by atoms with E-state index in [0.717, 1.165) is 12.6 Å². The van der Waals surface area contributed by atoms with E-state index in [2.05, 4.69) is 6.92 Å². The largest absolute Gasteiger partial charge is 0.316 e. The Balaban J connectivity index is 2.82. The number of hydrogen-bond donors (Lipinski definition) is 0. The first-order valence-electron chi connectivity index (χ1n) is 2.45. The molecule has 0 aliphatic heterocycles. The van der Waals surface area contributed by atoms with Crippen LogP contribution in [0.3, 0.4) is 0 Å². The van der Waals surface area contributed by atoms with E-state index < -0.39 is 5.44 Å². The second-order valence-corrected chi connectivity index (χ2v) is 6.28. The van der Waals surface area contributed by atoms with Crippen molar-refractivity contribution in [1.82, 2.24) is 0 Å². The molecule has 0 radical (unpaired) electrons. The summed E-state index contributed by atoms with van der Waals surface area (Å²) in [4.78, 5) is 0. The predicted octanol–water partition coefficient (Wildman–Crippen LogP) is 2.70. The lowest BCUT2D eigenvalue weighted by molar-refractivity contribution is 0.596. The Kier molecular flexibility index (Phi) is 5.80. The molecular weight excluding hydrogens is 222 g/mol. The highest BCUT2D eigenvalue weighted by atomic mass is 127. The maximum atomic E-state index is 10.4. The molecule has 0 N–H and O–H groups in total. The van der Waals surface area contributed by atoms with Gasteiger partial charge in [-0.3, -0.25) is 0 Å². The van der Waals surface area contributed by atoms with Gasteiger partial charge in [0.1, 0.15) is 5.44 Å². The Morgan fingerprint density at radius 1 is 1.71 bits per heavy atom. The molecule has 0 aromatic carbocycles. The van der Waals surface area contributed by atoms with E-state index in [9.17, 15) is 4.57 Å². The summed E-state index contributed by atoms with van der Waals surface area (Å²) in [5.74, 6) is 0. The fraction of sp³-hybridized carbons (Fsp3) is 1.00. The quantitative estimate of drug-likeness (QED) is 0.540. The van der Waals surface area contributed by atoms with E-state index in [0.29, 0.717) is 0 Å². The molecule has 7 heavy (non-hydrogen) atoms. The van der Waals surface area contributed by atoms with Gasteiger partial charge < -0.3 is 4.57 Å². The fourth-order valence-electron chi connectivity index (χ4n) is 0.316. The summed E-state index contributed by atoms with van der Waals surface area (Å²) >= 11 is 2.01. The van der Waals surface area contributed by atoms with Crippen molar-refractivity contribution >= 4 is 27.5 Å². The minimum atomic E-state index is -1.18. The van der Waals surface area contributed by atoms with Gasteiger partial charge in [-0.15, -0.1) is 0 Å². The molecule has 44 valence electrons. The van der Waals surface area contributed by atoms with E-state index in [1.807, 2.05) is 22.0 Å². The Labute approximate surface area is 58.1 Å². The highest BCUT2D eigenvalue weighted by molar-refractivity contribution is 14.2. The topological polar surface area (TPSA) is 17.1 Å². The lowest BCUT2D eigenvalue weighted by atomic mass is 10.4. The smallest absolute Gasteiger partial charge is 0.132 e. The molecule has 3 heteroatoms. The fourth-order valence-corrected chi connectivity index (χ4v) is 2.09. The van der Waals surface area contributed by atoms with Crippen LogP contribution < -0.4 is 0 Å². The van der Waals surface area contributed by atoms with Crippen LogP contribution in [0.4, 0.5) is 0 Å². The minimum Gasteiger partial charge on any atom is -0.316 e. The first kappa shape index (κ1) is 7.96. The van der Waals surface area contributed by atoms with Crippen molar-refractivity contribution < 1.29 is 4.57 Å². The van der Waals surface area contributed by atoms with E-state index in [4.69, 9.17) is 0 Å². The molecule has 0 saturated carbocycles. The third kappa shape index (κ3) is 6.96.